The Labute approximate surface area is 120 Å². The van der Waals surface area contributed by atoms with E-state index in [1.807, 2.05) is 18.2 Å². The molecule has 6 heteroatoms. The van der Waals surface area contributed by atoms with E-state index in [1.165, 1.54) is 0 Å². The van der Waals surface area contributed by atoms with Crippen LogP contribution in [0.25, 0.3) is 22.6 Å². The van der Waals surface area contributed by atoms with E-state index in [0.717, 1.165) is 29.7 Å². The second kappa shape index (κ2) is 4.18. The van der Waals surface area contributed by atoms with Gasteiger partial charge in [-0.3, -0.25) is 0 Å². The van der Waals surface area contributed by atoms with Crippen molar-refractivity contribution in [1.29, 1.82) is 0 Å². The van der Waals surface area contributed by atoms with Gasteiger partial charge in [-0.1, -0.05) is 11.6 Å². The summed E-state index contributed by atoms with van der Waals surface area (Å²) in [6.45, 7) is 0. The van der Waals surface area contributed by atoms with Gasteiger partial charge >= 0.3 is 0 Å². The smallest absolute Gasteiger partial charge is 0.163 e. The van der Waals surface area contributed by atoms with Gasteiger partial charge in [-0.05, 0) is 31.0 Å². The summed E-state index contributed by atoms with van der Waals surface area (Å²) in [6, 6.07) is 6.22. The molecule has 2 heterocycles. The molecule has 2 N–H and O–H groups in total. The Morgan fingerprint density at radius 1 is 1.20 bits per heavy atom. The van der Waals surface area contributed by atoms with E-state index < -0.39 is 0 Å². The Morgan fingerprint density at radius 2 is 2.00 bits per heavy atom. The number of imidazole rings is 1. The van der Waals surface area contributed by atoms with Crippen molar-refractivity contribution in [2.45, 2.75) is 18.9 Å². The van der Waals surface area contributed by atoms with Gasteiger partial charge in [0.05, 0.1) is 11.0 Å². The quantitative estimate of drug-likeness (QED) is 0.785. The zero-order valence-electron chi connectivity index (χ0n) is 10.6. The normalized spacial score (nSPS) is 14.8. The molecule has 1 aromatic carbocycles. The molecule has 0 radical (unpaired) electrons. The summed E-state index contributed by atoms with van der Waals surface area (Å²) in [5, 5.41) is 0.677. The number of nitrogen functional groups attached to an aromatic ring is 1. The Balaban J connectivity index is 2.03. The van der Waals surface area contributed by atoms with Crippen LogP contribution in [0, 0.1) is 0 Å². The van der Waals surface area contributed by atoms with Gasteiger partial charge < -0.3 is 10.3 Å². The first-order chi connectivity index (χ1) is 9.74. The van der Waals surface area contributed by atoms with Gasteiger partial charge in [-0.2, -0.15) is 0 Å². The Kier molecular flexibility index (Phi) is 2.44. The summed E-state index contributed by atoms with van der Waals surface area (Å²) < 4.78 is 2.20. The maximum atomic E-state index is 6.05. The Bertz CT molecular complexity index is 806. The number of hydrogen-bond acceptors (Lipinski definition) is 4. The number of halogens is 1. The van der Waals surface area contributed by atoms with Crippen molar-refractivity contribution in [2.24, 2.45) is 0 Å². The lowest BCUT2D eigenvalue weighted by Gasteiger charge is -2.08. The van der Waals surface area contributed by atoms with E-state index in [1.54, 1.807) is 12.4 Å². The molecule has 1 aliphatic carbocycles. The van der Waals surface area contributed by atoms with Gasteiger partial charge in [0.2, 0.25) is 0 Å². The zero-order valence-corrected chi connectivity index (χ0v) is 11.4. The number of hydrogen-bond donors (Lipinski definition) is 1. The van der Waals surface area contributed by atoms with E-state index in [4.69, 9.17) is 17.3 Å². The molecule has 3 aromatic rings. The van der Waals surface area contributed by atoms with Crippen molar-refractivity contribution in [3.8, 4) is 11.5 Å². The number of fused-ring (bicyclic) bond motifs is 1. The number of nitrogens with zero attached hydrogens (tertiary/aromatic N) is 4. The minimum absolute atomic E-state index is 0.399. The minimum atomic E-state index is 0.399. The van der Waals surface area contributed by atoms with E-state index in [-0.39, 0.29) is 0 Å². The molecule has 0 aliphatic heterocycles. The number of benzene rings is 1. The van der Waals surface area contributed by atoms with Crippen molar-refractivity contribution in [1.82, 2.24) is 19.5 Å². The predicted octanol–water partition coefficient (Wildman–Crippen LogP) is 3.06. The molecule has 4 rings (SSSR count). The van der Waals surface area contributed by atoms with E-state index >= 15 is 0 Å². The maximum absolute atomic E-state index is 6.05. The van der Waals surface area contributed by atoms with E-state index in [0.29, 0.717) is 22.6 Å². The molecule has 100 valence electrons. The lowest BCUT2D eigenvalue weighted by atomic mass is 10.3. The van der Waals surface area contributed by atoms with Crippen LogP contribution < -0.4 is 5.73 Å². The fraction of sp³-hybridized carbons (Fsp3) is 0.214. The predicted molar refractivity (Wildman–Crippen MR) is 78.5 cm³/mol. The van der Waals surface area contributed by atoms with Crippen LogP contribution in [0.15, 0.2) is 30.6 Å². The van der Waals surface area contributed by atoms with Crippen molar-refractivity contribution < 1.29 is 0 Å². The standard InChI is InChI=1S/C14H12ClN5/c15-8-1-4-11-10(7-8)19-14(20(11)9-2-3-9)12-13(16)18-6-5-17-12/h1,4-7,9H,2-3H2,(H2,16,18). The molecule has 0 amide bonds. The summed E-state index contributed by atoms with van der Waals surface area (Å²) in [7, 11) is 0. The molecule has 5 nitrogen and oxygen atoms in total. The molecular formula is C14H12ClN5. The molecule has 0 saturated heterocycles. The second-order valence-electron chi connectivity index (χ2n) is 4.96. The summed E-state index contributed by atoms with van der Waals surface area (Å²) >= 11 is 6.05. The van der Waals surface area contributed by atoms with Gasteiger partial charge in [-0.15, -0.1) is 0 Å². The first-order valence-electron chi connectivity index (χ1n) is 6.48. The Hall–Kier alpha value is -2.14. The first-order valence-corrected chi connectivity index (χ1v) is 6.86. The summed E-state index contributed by atoms with van der Waals surface area (Å²) in [6.07, 6.45) is 5.53. The molecule has 2 aromatic heterocycles. The third-order valence-corrected chi connectivity index (χ3v) is 3.74. The fourth-order valence-electron chi connectivity index (χ4n) is 2.46. The Morgan fingerprint density at radius 3 is 2.75 bits per heavy atom. The minimum Gasteiger partial charge on any atom is -0.382 e. The lowest BCUT2D eigenvalue weighted by molar-refractivity contribution is 0.772. The molecule has 1 aliphatic rings. The number of nitrogens with two attached hydrogens (primary N) is 1. The molecule has 0 bridgehead atoms. The molecule has 0 spiro atoms. The molecule has 0 atom stereocenters. The van der Waals surface area contributed by atoms with Crippen LogP contribution in [0.2, 0.25) is 5.02 Å². The average molecular weight is 286 g/mol. The van der Waals surface area contributed by atoms with Crippen LogP contribution in [0.4, 0.5) is 5.82 Å². The van der Waals surface area contributed by atoms with Crippen molar-refractivity contribution in [3.63, 3.8) is 0 Å². The highest BCUT2D eigenvalue weighted by molar-refractivity contribution is 6.31. The van der Waals surface area contributed by atoms with Crippen molar-refractivity contribution in [3.05, 3.63) is 35.6 Å². The summed E-state index contributed by atoms with van der Waals surface area (Å²) in [5.74, 6) is 1.17. The summed E-state index contributed by atoms with van der Waals surface area (Å²) in [5.41, 5.74) is 8.50. The lowest BCUT2D eigenvalue weighted by Crippen LogP contribution is -2.03. The van der Waals surface area contributed by atoms with Crippen molar-refractivity contribution in [2.75, 3.05) is 5.73 Å². The van der Waals surface area contributed by atoms with Gasteiger partial charge in [0.15, 0.2) is 11.6 Å². The average Bonchev–Trinajstić information content (AvgIpc) is 3.20. The summed E-state index contributed by atoms with van der Waals surface area (Å²) in [4.78, 5) is 13.1. The maximum Gasteiger partial charge on any atom is 0.163 e. The molecule has 1 saturated carbocycles. The highest BCUT2D eigenvalue weighted by atomic mass is 35.5. The third-order valence-electron chi connectivity index (χ3n) is 3.50. The van der Waals surface area contributed by atoms with Crippen LogP contribution in [0.1, 0.15) is 18.9 Å². The third kappa shape index (κ3) is 1.74. The van der Waals surface area contributed by atoms with Gasteiger partial charge in [0, 0.05) is 23.5 Å². The number of rotatable bonds is 2. The van der Waals surface area contributed by atoms with Crippen molar-refractivity contribution >= 4 is 28.5 Å². The largest absolute Gasteiger partial charge is 0.382 e. The van der Waals surface area contributed by atoms with Crippen LogP contribution in [0.3, 0.4) is 0 Å². The fourth-order valence-corrected chi connectivity index (χ4v) is 2.63. The van der Waals surface area contributed by atoms with Crippen LogP contribution in [-0.2, 0) is 0 Å². The monoisotopic (exact) mass is 285 g/mol. The van der Waals surface area contributed by atoms with E-state index in [2.05, 4.69) is 19.5 Å². The van der Waals surface area contributed by atoms with Crippen LogP contribution >= 0.6 is 11.6 Å². The van der Waals surface area contributed by atoms with E-state index in [9.17, 15) is 0 Å². The first kappa shape index (κ1) is 11.7. The number of anilines is 1. The number of aromatic nitrogens is 4. The van der Waals surface area contributed by atoms with Gasteiger partial charge in [-0.25, -0.2) is 15.0 Å². The van der Waals surface area contributed by atoms with Crippen LogP contribution in [0.5, 0.6) is 0 Å². The molecule has 1 fully saturated rings. The van der Waals surface area contributed by atoms with Gasteiger partial charge in [0.1, 0.15) is 5.69 Å². The zero-order chi connectivity index (χ0) is 13.7. The van der Waals surface area contributed by atoms with Gasteiger partial charge in [0.25, 0.3) is 0 Å². The highest BCUT2D eigenvalue weighted by Crippen LogP contribution is 2.41. The SMILES string of the molecule is Nc1nccnc1-c1nc2cc(Cl)ccc2n1C1CC1. The molecule has 20 heavy (non-hydrogen) atoms. The molecule has 0 unspecified atom stereocenters. The highest BCUT2D eigenvalue weighted by Gasteiger charge is 2.29. The molecular weight excluding hydrogens is 274 g/mol. The second-order valence-corrected chi connectivity index (χ2v) is 5.40. The van der Waals surface area contributed by atoms with Crippen LogP contribution in [-0.4, -0.2) is 19.5 Å². The topological polar surface area (TPSA) is 69.6 Å².